The first-order valence-corrected chi connectivity index (χ1v) is 4.41. The Morgan fingerprint density at radius 3 is 1.50 bits per heavy atom. The molecule has 0 heterocycles. The molecule has 0 aromatic heterocycles. The number of hydrogen-bond acceptors (Lipinski definition) is 0. The summed E-state index contributed by atoms with van der Waals surface area (Å²) in [5, 5.41) is 1.34. The Balaban J connectivity index is 0. The van der Waals surface area contributed by atoms with E-state index < -0.39 is 0 Å². The van der Waals surface area contributed by atoms with E-state index in [2.05, 4.69) is 63.1 Å². The second kappa shape index (κ2) is 8.29. The normalized spacial score (nSPS) is 10.4. The van der Waals surface area contributed by atoms with Gasteiger partial charge in [0.15, 0.2) is 0 Å². The zero-order valence-corrected chi connectivity index (χ0v) is 8.62. The van der Waals surface area contributed by atoms with Crippen molar-refractivity contribution < 1.29 is 0 Å². The molecule has 0 radical (unpaired) electrons. The summed E-state index contributed by atoms with van der Waals surface area (Å²) in [6, 6.07) is 0. The van der Waals surface area contributed by atoms with Crippen LogP contribution in [0.1, 0.15) is 40.5 Å². The fourth-order valence-corrected chi connectivity index (χ4v) is 0.354. The van der Waals surface area contributed by atoms with Crippen LogP contribution in [0.15, 0.2) is 0 Å². The van der Waals surface area contributed by atoms with Crippen LogP contribution in [0.4, 0.5) is 0 Å². The molecule has 0 saturated heterocycles. The first-order valence-electron chi connectivity index (χ1n) is 4.41. The van der Waals surface area contributed by atoms with Crippen LogP contribution in [0.3, 0.4) is 0 Å². The Kier molecular flexibility index (Phi) is 11.4. The van der Waals surface area contributed by atoms with Crippen LogP contribution in [0.25, 0.3) is 0 Å². The first-order chi connectivity index (χ1) is 4.41. The molecular weight excluding hydrogens is 110 g/mol. The molecule has 0 spiro atoms. The van der Waals surface area contributed by atoms with Crippen molar-refractivity contribution in [3.05, 3.63) is 0 Å². The van der Waals surface area contributed by atoms with Crippen LogP contribution < -0.4 is 0 Å². The molecule has 0 nitrogen and oxygen atoms in total. The predicted molar refractivity (Wildman–Crippen MR) is 50.9 cm³/mol. The van der Waals surface area contributed by atoms with Gasteiger partial charge in [0.25, 0.3) is 0 Å². The van der Waals surface area contributed by atoms with Crippen LogP contribution in [-0.4, -0.2) is 35.4 Å². The van der Waals surface area contributed by atoms with Crippen LogP contribution in [0.5, 0.6) is 0 Å². The summed E-state index contributed by atoms with van der Waals surface area (Å²) in [4.78, 5) is 0. The van der Waals surface area contributed by atoms with Gasteiger partial charge in [-0.15, -0.1) is 0 Å². The van der Waals surface area contributed by atoms with Gasteiger partial charge in [-0.05, 0) is 0 Å². The van der Waals surface area contributed by atoms with Gasteiger partial charge < -0.3 is 0 Å². The Hall–Kier alpha value is 1.19. The van der Waals surface area contributed by atoms with Gasteiger partial charge in [0.05, 0.1) is 0 Å². The van der Waals surface area contributed by atoms with Crippen molar-refractivity contribution in [2.45, 2.75) is 49.7 Å². The predicted octanol–water partition coefficient (Wildman–Crippen LogP) is 2.75. The maximum atomic E-state index is 2.21. The molecule has 0 unspecified atom stereocenters. The minimum atomic E-state index is 0.500. The molecule has 0 bridgehead atoms. The van der Waals surface area contributed by atoms with E-state index in [-0.39, 0.29) is 0 Å². The fourth-order valence-electron chi connectivity index (χ4n) is 0.354. The molecule has 0 fully saturated rings. The van der Waals surface area contributed by atoms with E-state index in [1.165, 1.54) is 17.9 Å². The first kappa shape index (κ1) is 13.8. The molecule has 0 atom stereocenters. The van der Waals surface area contributed by atoms with E-state index in [0.717, 1.165) is 0 Å². The van der Waals surface area contributed by atoms with Gasteiger partial charge in [0.2, 0.25) is 0 Å². The van der Waals surface area contributed by atoms with Crippen molar-refractivity contribution >= 4 is 35.4 Å². The Morgan fingerprint density at radius 1 is 1.20 bits per heavy atom. The Bertz CT molecular complexity index is 46.8. The number of rotatable bonds is 2. The molecule has 0 aromatic carbocycles. The van der Waals surface area contributed by atoms with Crippen molar-refractivity contribution in [1.29, 1.82) is 0 Å². The SMILES string of the molecule is [Li][CH2]CCC.[Li][C](C)(C)C. The molecule has 0 aromatic rings. The second-order valence-electron chi connectivity index (χ2n) is 4.35. The van der Waals surface area contributed by atoms with Gasteiger partial charge in [0.1, 0.15) is 0 Å². The van der Waals surface area contributed by atoms with Gasteiger partial charge in [0, 0.05) is 0 Å². The number of unbranched alkanes of at least 4 members (excludes halogenated alkanes) is 1. The van der Waals surface area contributed by atoms with Crippen molar-refractivity contribution in [3.63, 3.8) is 0 Å². The zero-order chi connectivity index (χ0) is 8.62. The molecule has 10 heavy (non-hydrogen) atoms. The molecule has 0 aliphatic carbocycles. The third-order valence-corrected chi connectivity index (χ3v) is 0.707. The Labute approximate surface area is 84.9 Å². The van der Waals surface area contributed by atoms with Crippen molar-refractivity contribution in [1.82, 2.24) is 0 Å². The summed E-state index contributed by atoms with van der Waals surface area (Å²) < 4.78 is 0.500. The number of hydrogen-bond donors (Lipinski definition) is 0. The molecule has 0 amide bonds. The third kappa shape index (κ3) is 60.5. The van der Waals surface area contributed by atoms with E-state index in [1.807, 2.05) is 0 Å². The third-order valence-electron chi connectivity index (χ3n) is 0.707. The molecule has 0 N–H and O–H groups in total. The van der Waals surface area contributed by atoms with Crippen molar-refractivity contribution in [2.75, 3.05) is 0 Å². The van der Waals surface area contributed by atoms with Crippen molar-refractivity contribution in [2.24, 2.45) is 0 Å². The van der Waals surface area contributed by atoms with Crippen LogP contribution in [0, 0.1) is 0 Å². The average Bonchev–Trinajstić information content (AvgIpc) is 1.63. The van der Waals surface area contributed by atoms with Gasteiger partial charge in [-0.1, -0.05) is 0 Å². The standard InChI is InChI=1S/2C4H9.2Li/c1-4(2)3;1-3-4-2;;/h1-3H3;1,3-4H2,2H3;;. The zero-order valence-electron chi connectivity index (χ0n) is 8.62. The molecule has 2 heteroatoms. The minimum absolute atomic E-state index is 0.500. The second-order valence-corrected chi connectivity index (χ2v) is 4.35. The van der Waals surface area contributed by atoms with Gasteiger partial charge in [-0.25, -0.2) is 0 Å². The summed E-state index contributed by atoms with van der Waals surface area (Å²) in [6.07, 6.45) is 2.73. The molecular formula is C8H18Li2. The topological polar surface area (TPSA) is 0 Å². The van der Waals surface area contributed by atoms with Gasteiger partial charge in [-0.2, -0.15) is 0 Å². The molecule has 0 rings (SSSR count). The monoisotopic (exact) mass is 128 g/mol. The summed E-state index contributed by atoms with van der Waals surface area (Å²) >= 11 is 4.40. The Morgan fingerprint density at radius 2 is 1.50 bits per heavy atom. The van der Waals surface area contributed by atoms with Gasteiger partial charge in [-0.3, -0.25) is 0 Å². The van der Waals surface area contributed by atoms with E-state index >= 15 is 0 Å². The van der Waals surface area contributed by atoms with E-state index in [9.17, 15) is 0 Å². The summed E-state index contributed by atoms with van der Waals surface area (Å²) in [5.74, 6) is 0. The van der Waals surface area contributed by atoms with Crippen molar-refractivity contribution in [3.8, 4) is 0 Å². The molecule has 52 valence electrons. The average molecular weight is 128 g/mol. The molecule has 0 aliphatic rings. The maximum absolute atomic E-state index is 2.21. The van der Waals surface area contributed by atoms with Gasteiger partial charge >= 0.3 is 85.1 Å². The molecule has 0 saturated carbocycles. The van der Waals surface area contributed by atoms with E-state index in [1.54, 1.807) is 0 Å². The van der Waals surface area contributed by atoms with Crippen LogP contribution in [0.2, 0.25) is 9.18 Å². The van der Waals surface area contributed by atoms with E-state index in [4.69, 9.17) is 0 Å². The van der Waals surface area contributed by atoms with Crippen LogP contribution in [-0.2, 0) is 0 Å². The van der Waals surface area contributed by atoms with E-state index in [0.29, 0.717) is 4.09 Å². The quantitative estimate of drug-likeness (QED) is 0.501. The van der Waals surface area contributed by atoms with Crippen LogP contribution >= 0.6 is 0 Å². The summed E-state index contributed by atoms with van der Waals surface area (Å²) in [6.45, 7) is 8.77. The fraction of sp³-hybridized carbons (Fsp3) is 1.00. The summed E-state index contributed by atoms with van der Waals surface area (Å²) in [7, 11) is 0. The molecule has 0 aliphatic heterocycles. The summed E-state index contributed by atoms with van der Waals surface area (Å²) in [5.41, 5.74) is 0.